The summed E-state index contributed by atoms with van der Waals surface area (Å²) in [4.78, 5) is 16.1. The van der Waals surface area contributed by atoms with Gasteiger partial charge in [0, 0.05) is 12.6 Å². The molecule has 4 heteroatoms. The van der Waals surface area contributed by atoms with Crippen molar-refractivity contribution in [2.75, 3.05) is 40.3 Å². The molecule has 0 bridgehead atoms. The Morgan fingerprint density at radius 1 is 1.29 bits per heavy atom. The predicted octanol–water partition coefficient (Wildman–Crippen LogP) is 0.785. The van der Waals surface area contributed by atoms with E-state index in [-0.39, 0.29) is 5.91 Å². The van der Waals surface area contributed by atoms with Gasteiger partial charge in [-0.25, -0.2) is 0 Å². The van der Waals surface area contributed by atoms with Crippen LogP contribution in [0.4, 0.5) is 0 Å². The molecule has 0 radical (unpaired) electrons. The largest absolute Gasteiger partial charge is 0.339 e. The number of likely N-dealkylation sites (N-methyl/N-ethyl adjacent to an activating group) is 1. The molecule has 0 aromatic carbocycles. The molecule has 17 heavy (non-hydrogen) atoms. The second kappa shape index (κ2) is 6.97. The molecule has 1 N–H and O–H groups in total. The molecule has 1 amide bonds. The van der Waals surface area contributed by atoms with Crippen LogP contribution in [0.2, 0.25) is 0 Å². The Morgan fingerprint density at radius 2 is 1.88 bits per heavy atom. The first-order valence-electron chi connectivity index (χ1n) is 6.65. The third-order valence-corrected chi connectivity index (χ3v) is 3.31. The van der Waals surface area contributed by atoms with Crippen molar-refractivity contribution in [2.24, 2.45) is 5.92 Å². The molecule has 1 saturated heterocycles. The summed E-state index contributed by atoms with van der Waals surface area (Å²) in [5.74, 6) is 0.924. The number of hydrogen-bond acceptors (Lipinski definition) is 3. The summed E-state index contributed by atoms with van der Waals surface area (Å²) < 4.78 is 0. The average Bonchev–Trinajstić information content (AvgIpc) is 2.25. The highest BCUT2D eigenvalue weighted by Crippen LogP contribution is 2.15. The fraction of sp³-hybridized carbons (Fsp3) is 0.923. The number of nitrogens with zero attached hydrogens (tertiary/aromatic N) is 2. The molecular weight excluding hydrogens is 214 g/mol. The van der Waals surface area contributed by atoms with E-state index in [4.69, 9.17) is 0 Å². The molecule has 1 heterocycles. The van der Waals surface area contributed by atoms with E-state index < -0.39 is 0 Å². The highest BCUT2D eigenvalue weighted by Gasteiger charge is 2.22. The Hall–Kier alpha value is -0.610. The zero-order valence-electron chi connectivity index (χ0n) is 11.7. The van der Waals surface area contributed by atoms with Crippen molar-refractivity contribution in [1.29, 1.82) is 0 Å². The SMILES string of the molecule is CC(C)N(CC1CCNCC1)C(=O)CN(C)C. The van der Waals surface area contributed by atoms with Gasteiger partial charge in [-0.2, -0.15) is 0 Å². The third kappa shape index (κ3) is 5.04. The summed E-state index contributed by atoms with van der Waals surface area (Å²) in [5, 5.41) is 3.37. The second-order valence-electron chi connectivity index (χ2n) is 5.57. The monoisotopic (exact) mass is 241 g/mol. The fourth-order valence-electron chi connectivity index (χ4n) is 2.30. The lowest BCUT2D eigenvalue weighted by atomic mass is 9.97. The third-order valence-electron chi connectivity index (χ3n) is 3.31. The van der Waals surface area contributed by atoms with Gasteiger partial charge in [-0.3, -0.25) is 4.79 Å². The Bertz CT molecular complexity index is 235. The first-order valence-corrected chi connectivity index (χ1v) is 6.65. The Morgan fingerprint density at radius 3 is 2.35 bits per heavy atom. The number of amides is 1. The molecule has 1 aliphatic rings. The quantitative estimate of drug-likeness (QED) is 0.773. The molecule has 0 aromatic rings. The van der Waals surface area contributed by atoms with E-state index in [1.807, 2.05) is 23.9 Å². The number of rotatable bonds is 5. The van der Waals surface area contributed by atoms with Crippen molar-refractivity contribution in [3.05, 3.63) is 0 Å². The lowest BCUT2D eigenvalue weighted by Crippen LogP contribution is -2.46. The van der Waals surface area contributed by atoms with Crippen LogP contribution in [0.3, 0.4) is 0 Å². The number of carbonyl (C=O) groups is 1. The molecule has 0 aliphatic carbocycles. The lowest BCUT2D eigenvalue weighted by Gasteiger charge is -2.33. The van der Waals surface area contributed by atoms with E-state index in [0.29, 0.717) is 18.5 Å². The summed E-state index contributed by atoms with van der Waals surface area (Å²) in [6.45, 7) is 7.84. The molecule has 100 valence electrons. The maximum absolute atomic E-state index is 12.1. The van der Waals surface area contributed by atoms with Gasteiger partial charge in [0.25, 0.3) is 0 Å². The normalized spacial score (nSPS) is 17.8. The van der Waals surface area contributed by atoms with Crippen LogP contribution < -0.4 is 5.32 Å². The summed E-state index contributed by atoms with van der Waals surface area (Å²) in [6.07, 6.45) is 2.39. The highest BCUT2D eigenvalue weighted by molar-refractivity contribution is 5.78. The Labute approximate surface area is 105 Å². The first kappa shape index (κ1) is 14.5. The second-order valence-corrected chi connectivity index (χ2v) is 5.57. The van der Waals surface area contributed by atoms with Crippen molar-refractivity contribution < 1.29 is 4.79 Å². The van der Waals surface area contributed by atoms with Crippen LogP contribution in [0.5, 0.6) is 0 Å². The lowest BCUT2D eigenvalue weighted by molar-refractivity contribution is -0.134. The molecule has 0 spiro atoms. The van der Waals surface area contributed by atoms with Gasteiger partial charge in [-0.1, -0.05) is 0 Å². The van der Waals surface area contributed by atoms with Crippen LogP contribution >= 0.6 is 0 Å². The van der Waals surface area contributed by atoms with Crippen LogP contribution in [-0.2, 0) is 4.79 Å². The van der Waals surface area contributed by atoms with Crippen LogP contribution in [0.1, 0.15) is 26.7 Å². The van der Waals surface area contributed by atoms with Gasteiger partial charge in [0.05, 0.1) is 6.54 Å². The number of hydrogen-bond donors (Lipinski definition) is 1. The fourth-order valence-corrected chi connectivity index (χ4v) is 2.30. The van der Waals surface area contributed by atoms with Crippen molar-refractivity contribution in [3.8, 4) is 0 Å². The standard InChI is InChI=1S/C13H27N3O/c1-11(2)16(13(17)10-15(3)4)9-12-5-7-14-8-6-12/h11-12,14H,5-10H2,1-4H3. The van der Waals surface area contributed by atoms with Gasteiger partial charge < -0.3 is 15.1 Å². The van der Waals surface area contributed by atoms with Gasteiger partial charge in [0.15, 0.2) is 0 Å². The van der Waals surface area contributed by atoms with E-state index in [1.54, 1.807) is 0 Å². The van der Waals surface area contributed by atoms with Crippen LogP contribution in [-0.4, -0.2) is 62.0 Å². The minimum atomic E-state index is 0.253. The van der Waals surface area contributed by atoms with Gasteiger partial charge in [0.2, 0.25) is 5.91 Å². The highest BCUT2D eigenvalue weighted by atomic mass is 16.2. The van der Waals surface area contributed by atoms with E-state index in [9.17, 15) is 4.79 Å². The van der Waals surface area contributed by atoms with Crippen LogP contribution in [0.25, 0.3) is 0 Å². The Balaban J connectivity index is 2.49. The molecule has 0 unspecified atom stereocenters. The van der Waals surface area contributed by atoms with Crippen molar-refractivity contribution >= 4 is 5.91 Å². The number of carbonyl (C=O) groups excluding carboxylic acids is 1. The zero-order valence-corrected chi connectivity index (χ0v) is 11.7. The molecule has 1 fully saturated rings. The van der Waals surface area contributed by atoms with Crippen molar-refractivity contribution in [3.63, 3.8) is 0 Å². The summed E-state index contributed by atoms with van der Waals surface area (Å²) >= 11 is 0. The predicted molar refractivity (Wildman–Crippen MR) is 71.0 cm³/mol. The van der Waals surface area contributed by atoms with Crippen LogP contribution in [0, 0.1) is 5.92 Å². The summed E-state index contributed by atoms with van der Waals surface area (Å²) in [6, 6.07) is 0.303. The minimum absolute atomic E-state index is 0.253. The molecule has 1 aliphatic heterocycles. The van der Waals surface area contributed by atoms with Gasteiger partial charge >= 0.3 is 0 Å². The maximum Gasteiger partial charge on any atom is 0.236 e. The topological polar surface area (TPSA) is 35.6 Å². The number of piperidine rings is 1. The van der Waals surface area contributed by atoms with Crippen molar-refractivity contribution in [2.45, 2.75) is 32.7 Å². The first-order chi connectivity index (χ1) is 8.00. The molecule has 0 atom stereocenters. The van der Waals surface area contributed by atoms with E-state index in [2.05, 4.69) is 19.2 Å². The van der Waals surface area contributed by atoms with Gasteiger partial charge in [0.1, 0.15) is 0 Å². The van der Waals surface area contributed by atoms with Crippen molar-refractivity contribution in [1.82, 2.24) is 15.1 Å². The zero-order chi connectivity index (χ0) is 12.8. The summed E-state index contributed by atoms with van der Waals surface area (Å²) in [5.41, 5.74) is 0. The smallest absolute Gasteiger partial charge is 0.236 e. The number of nitrogens with one attached hydrogen (secondary N) is 1. The average molecular weight is 241 g/mol. The Kier molecular flexibility index (Phi) is 5.92. The summed E-state index contributed by atoms with van der Waals surface area (Å²) in [7, 11) is 3.89. The molecule has 0 saturated carbocycles. The molecule has 0 aromatic heterocycles. The maximum atomic E-state index is 12.1. The molecule has 4 nitrogen and oxygen atoms in total. The van der Waals surface area contributed by atoms with E-state index >= 15 is 0 Å². The van der Waals surface area contributed by atoms with Gasteiger partial charge in [-0.15, -0.1) is 0 Å². The van der Waals surface area contributed by atoms with E-state index in [0.717, 1.165) is 19.6 Å². The molecule has 1 rings (SSSR count). The van der Waals surface area contributed by atoms with Crippen LogP contribution in [0.15, 0.2) is 0 Å². The van der Waals surface area contributed by atoms with E-state index in [1.165, 1.54) is 12.8 Å². The minimum Gasteiger partial charge on any atom is -0.339 e. The van der Waals surface area contributed by atoms with Gasteiger partial charge in [-0.05, 0) is 59.8 Å². The molecular formula is C13H27N3O.